The maximum Gasteiger partial charge on any atom is -0.0352 e. The van der Waals surface area contributed by atoms with Crippen molar-refractivity contribution in [3.63, 3.8) is 0 Å². The maximum atomic E-state index is 2.50. The highest BCUT2D eigenvalue weighted by Gasteiger charge is 2.48. The van der Waals surface area contributed by atoms with E-state index in [1.54, 1.807) is 64.2 Å². The first kappa shape index (κ1) is 11.8. The fourth-order valence-electron chi connectivity index (χ4n) is 6.71. The summed E-state index contributed by atoms with van der Waals surface area (Å²) in [6.45, 7) is 2.50. The van der Waals surface area contributed by atoms with Gasteiger partial charge in [0.1, 0.15) is 0 Å². The van der Waals surface area contributed by atoms with E-state index < -0.39 is 0 Å². The van der Waals surface area contributed by atoms with Crippen LogP contribution < -0.4 is 0 Å². The second-order valence-corrected chi connectivity index (χ2v) is 8.18. The Morgan fingerprint density at radius 2 is 1.22 bits per heavy atom. The molecule has 18 heavy (non-hydrogen) atoms. The Kier molecular flexibility index (Phi) is 2.97. The molecule has 4 fully saturated rings. The van der Waals surface area contributed by atoms with Gasteiger partial charge >= 0.3 is 0 Å². The average Bonchev–Trinajstić information content (AvgIpc) is 2.86. The minimum absolute atomic E-state index is 1.03. The third-order valence-corrected chi connectivity index (χ3v) is 7.41. The molecule has 0 aliphatic heterocycles. The standard InChI is InChI=1S/C18H30/c1-12-5-8-16-14(11-12)7-10-17-15-4-2-3-13(15)6-9-18(16)17/h12-18H,2-11H2,1H3/t12-,13-,14+,15?,16-,17-,18?/m0/s1. The summed E-state index contributed by atoms with van der Waals surface area (Å²) in [5.41, 5.74) is 0. The van der Waals surface area contributed by atoms with E-state index in [1.807, 2.05) is 0 Å². The first-order valence-corrected chi connectivity index (χ1v) is 8.83. The molecule has 0 amide bonds. The van der Waals surface area contributed by atoms with Crippen molar-refractivity contribution in [1.82, 2.24) is 0 Å². The monoisotopic (exact) mass is 246 g/mol. The number of hydrogen-bond donors (Lipinski definition) is 0. The van der Waals surface area contributed by atoms with E-state index in [-0.39, 0.29) is 0 Å². The molecule has 2 unspecified atom stereocenters. The van der Waals surface area contributed by atoms with Gasteiger partial charge in [0.15, 0.2) is 0 Å². The van der Waals surface area contributed by atoms with Crippen molar-refractivity contribution in [1.29, 1.82) is 0 Å². The molecular formula is C18H30. The Morgan fingerprint density at radius 1 is 0.556 bits per heavy atom. The fourth-order valence-corrected chi connectivity index (χ4v) is 6.71. The Hall–Kier alpha value is 0. The van der Waals surface area contributed by atoms with Gasteiger partial charge in [0, 0.05) is 0 Å². The second-order valence-electron chi connectivity index (χ2n) is 8.18. The van der Waals surface area contributed by atoms with E-state index in [4.69, 9.17) is 0 Å². The predicted molar refractivity (Wildman–Crippen MR) is 76.3 cm³/mol. The zero-order valence-corrected chi connectivity index (χ0v) is 12.1. The lowest BCUT2D eigenvalue weighted by Crippen LogP contribution is -2.44. The zero-order valence-electron chi connectivity index (χ0n) is 12.1. The van der Waals surface area contributed by atoms with Crippen LogP contribution in [-0.2, 0) is 0 Å². The Labute approximate surface area is 113 Å². The molecule has 4 aliphatic carbocycles. The molecule has 0 radical (unpaired) electrons. The van der Waals surface area contributed by atoms with Crippen molar-refractivity contribution in [2.24, 2.45) is 41.4 Å². The van der Waals surface area contributed by atoms with Crippen molar-refractivity contribution in [3.8, 4) is 0 Å². The molecular weight excluding hydrogens is 216 g/mol. The molecule has 0 spiro atoms. The van der Waals surface area contributed by atoms with Gasteiger partial charge in [0.25, 0.3) is 0 Å². The van der Waals surface area contributed by atoms with Gasteiger partial charge in [-0.05, 0) is 86.4 Å². The Bertz CT molecular complexity index is 307. The van der Waals surface area contributed by atoms with Crippen LogP contribution in [0.15, 0.2) is 0 Å². The highest BCUT2D eigenvalue weighted by Crippen LogP contribution is 2.58. The molecule has 0 nitrogen and oxygen atoms in total. The van der Waals surface area contributed by atoms with Crippen molar-refractivity contribution in [2.75, 3.05) is 0 Å². The van der Waals surface area contributed by atoms with Crippen molar-refractivity contribution >= 4 is 0 Å². The minimum atomic E-state index is 1.03. The SMILES string of the molecule is C[C@H]1CC[C@@H]2C3CC[C@@H]4CCCC4[C@@H]3CC[C@@H]2C1. The van der Waals surface area contributed by atoms with Crippen LogP contribution >= 0.6 is 0 Å². The molecule has 0 N–H and O–H groups in total. The molecule has 7 atom stereocenters. The third kappa shape index (κ3) is 1.78. The molecule has 0 aromatic heterocycles. The molecule has 4 aliphatic rings. The van der Waals surface area contributed by atoms with Crippen molar-refractivity contribution < 1.29 is 0 Å². The van der Waals surface area contributed by atoms with Crippen LogP contribution in [0, 0.1) is 41.4 Å². The summed E-state index contributed by atoms with van der Waals surface area (Å²) in [6.07, 6.45) is 15.9. The first-order chi connectivity index (χ1) is 8.83. The lowest BCUT2D eigenvalue weighted by Gasteiger charge is -2.52. The van der Waals surface area contributed by atoms with E-state index in [2.05, 4.69) is 6.92 Å². The second kappa shape index (κ2) is 4.53. The first-order valence-electron chi connectivity index (χ1n) is 8.83. The van der Waals surface area contributed by atoms with Crippen LogP contribution in [0.5, 0.6) is 0 Å². The highest BCUT2D eigenvalue weighted by molar-refractivity contribution is 4.98. The van der Waals surface area contributed by atoms with Gasteiger partial charge in [-0.15, -0.1) is 0 Å². The van der Waals surface area contributed by atoms with Crippen LogP contribution in [0.2, 0.25) is 0 Å². The number of rotatable bonds is 0. The van der Waals surface area contributed by atoms with Gasteiger partial charge in [0.05, 0.1) is 0 Å². The summed E-state index contributed by atoms with van der Waals surface area (Å²) < 4.78 is 0. The molecule has 4 saturated carbocycles. The highest BCUT2D eigenvalue weighted by atomic mass is 14.5. The van der Waals surface area contributed by atoms with E-state index in [0.29, 0.717) is 0 Å². The van der Waals surface area contributed by atoms with Crippen LogP contribution in [0.1, 0.15) is 71.1 Å². The smallest absolute Gasteiger partial charge is 0.0352 e. The van der Waals surface area contributed by atoms with Gasteiger partial charge < -0.3 is 0 Å². The number of hydrogen-bond acceptors (Lipinski definition) is 0. The topological polar surface area (TPSA) is 0 Å². The van der Waals surface area contributed by atoms with E-state index in [9.17, 15) is 0 Å². The van der Waals surface area contributed by atoms with Crippen molar-refractivity contribution in [3.05, 3.63) is 0 Å². The van der Waals surface area contributed by atoms with Crippen LogP contribution in [0.3, 0.4) is 0 Å². The fraction of sp³-hybridized carbons (Fsp3) is 1.00. The Morgan fingerprint density at radius 3 is 2.06 bits per heavy atom. The third-order valence-electron chi connectivity index (χ3n) is 7.41. The maximum absolute atomic E-state index is 2.50. The number of fused-ring (bicyclic) bond motifs is 5. The predicted octanol–water partition coefficient (Wildman–Crippen LogP) is 5.28. The molecule has 0 aromatic rings. The summed E-state index contributed by atoms with van der Waals surface area (Å²) in [5.74, 6) is 7.98. The average molecular weight is 246 g/mol. The lowest BCUT2D eigenvalue weighted by molar-refractivity contribution is -0.0269. The van der Waals surface area contributed by atoms with Gasteiger partial charge in [0.2, 0.25) is 0 Å². The summed E-state index contributed by atoms with van der Waals surface area (Å²) in [6, 6.07) is 0. The van der Waals surface area contributed by atoms with E-state index in [0.717, 1.165) is 29.6 Å². The molecule has 102 valence electrons. The zero-order chi connectivity index (χ0) is 12.1. The normalized spacial score (nSPS) is 55.5. The molecule has 0 bridgehead atoms. The van der Waals surface area contributed by atoms with Crippen LogP contribution in [0.4, 0.5) is 0 Å². The van der Waals surface area contributed by atoms with Crippen LogP contribution in [-0.4, -0.2) is 0 Å². The van der Waals surface area contributed by atoms with Crippen molar-refractivity contribution in [2.45, 2.75) is 71.1 Å². The molecule has 4 rings (SSSR count). The summed E-state index contributed by atoms with van der Waals surface area (Å²) >= 11 is 0. The molecule has 0 heterocycles. The minimum Gasteiger partial charge on any atom is -0.0625 e. The quantitative estimate of drug-likeness (QED) is 0.546. The summed E-state index contributed by atoms with van der Waals surface area (Å²) in [7, 11) is 0. The van der Waals surface area contributed by atoms with Gasteiger partial charge in [-0.2, -0.15) is 0 Å². The summed E-state index contributed by atoms with van der Waals surface area (Å²) in [5, 5.41) is 0. The van der Waals surface area contributed by atoms with Gasteiger partial charge in [-0.1, -0.05) is 26.2 Å². The van der Waals surface area contributed by atoms with E-state index >= 15 is 0 Å². The lowest BCUT2D eigenvalue weighted by atomic mass is 9.53. The van der Waals surface area contributed by atoms with Gasteiger partial charge in [-0.25, -0.2) is 0 Å². The Balaban J connectivity index is 1.53. The molecule has 0 aromatic carbocycles. The molecule has 0 heteroatoms. The van der Waals surface area contributed by atoms with Gasteiger partial charge in [-0.3, -0.25) is 0 Å². The largest absolute Gasteiger partial charge is 0.0625 e. The molecule has 0 saturated heterocycles. The van der Waals surface area contributed by atoms with Crippen LogP contribution in [0.25, 0.3) is 0 Å². The van der Waals surface area contributed by atoms with E-state index in [1.165, 1.54) is 11.8 Å². The summed E-state index contributed by atoms with van der Waals surface area (Å²) in [4.78, 5) is 0.